The minimum absolute atomic E-state index is 0.00711. The molecule has 1 amide bonds. The molecule has 3 rings (SSSR count). The summed E-state index contributed by atoms with van der Waals surface area (Å²) >= 11 is 0. The Morgan fingerprint density at radius 2 is 2.13 bits per heavy atom. The van der Waals surface area contributed by atoms with Gasteiger partial charge in [0.05, 0.1) is 11.7 Å². The second kappa shape index (κ2) is 6.96. The molecule has 3 N–H and O–H groups in total. The molecule has 0 spiro atoms. The van der Waals surface area contributed by atoms with Crippen molar-refractivity contribution in [1.82, 2.24) is 15.1 Å². The Balaban J connectivity index is 1.61. The Hall–Kier alpha value is -2.14. The molecule has 1 aliphatic rings. The lowest BCUT2D eigenvalue weighted by molar-refractivity contribution is -0.126. The van der Waals surface area contributed by atoms with Gasteiger partial charge < -0.3 is 11.1 Å². The van der Waals surface area contributed by atoms with Crippen LogP contribution in [0.2, 0.25) is 0 Å². The number of rotatable bonds is 4. The lowest BCUT2D eigenvalue weighted by Crippen LogP contribution is -2.38. The van der Waals surface area contributed by atoms with Crippen LogP contribution < -0.4 is 11.1 Å². The molecule has 0 saturated heterocycles. The van der Waals surface area contributed by atoms with Crippen LogP contribution in [0.25, 0.3) is 5.69 Å². The minimum atomic E-state index is -0.00711. The number of amides is 1. The number of aromatic nitrogens is 2. The monoisotopic (exact) mass is 312 g/mol. The van der Waals surface area contributed by atoms with Crippen molar-refractivity contribution in [2.45, 2.75) is 44.7 Å². The van der Waals surface area contributed by atoms with Crippen molar-refractivity contribution in [3.63, 3.8) is 0 Å². The van der Waals surface area contributed by atoms with Gasteiger partial charge in [-0.05, 0) is 49.9 Å². The molecule has 122 valence electrons. The topological polar surface area (TPSA) is 72.9 Å². The quantitative estimate of drug-likeness (QED) is 0.911. The van der Waals surface area contributed by atoms with Crippen molar-refractivity contribution in [3.8, 4) is 5.69 Å². The maximum atomic E-state index is 12.4. The first kappa shape index (κ1) is 15.7. The predicted molar refractivity (Wildman–Crippen MR) is 90.1 cm³/mol. The normalized spacial score (nSPS) is 22.5. The summed E-state index contributed by atoms with van der Waals surface area (Å²) in [5.74, 6) is 0.188. The van der Waals surface area contributed by atoms with Crippen molar-refractivity contribution >= 4 is 5.91 Å². The zero-order valence-corrected chi connectivity index (χ0v) is 13.5. The fourth-order valence-electron chi connectivity index (χ4n) is 3.22. The summed E-state index contributed by atoms with van der Waals surface area (Å²) in [7, 11) is 0. The van der Waals surface area contributed by atoms with Crippen LogP contribution in [-0.2, 0) is 4.79 Å². The number of nitrogens with zero attached hydrogens (tertiary/aromatic N) is 2. The van der Waals surface area contributed by atoms with Gasteiger partial charge in [0, 0.05) is 24.4 Å². The molecule has 1 aromatic carbocycles. The molecule has 1 aliphatic carbocycles. The van der Waals surface area contributed by atoms with E-state index in [0.29, 0.717) is 0 Å². The number of nitrogens with one attached hydrogen (secondary N) is 1. The Kier molecular flexibility index (Phi) is 4.76. The molecule has 1 saturated carbocycles. The van der Waals surface area contributed by atoms with Crippen LogP contribution in [-0.4, -0.2) is 21.7 Å². The smallest absolute Gasteiger partial charge is 0.223 e. The first-order chi connectivity index (χ1) is 11.1. The fourth-order valence-corrected chi connectivity index (χ4v) is 3.22. The number of carbonyl (C=O) groups is 1. The highest BCUT2D eigenvalue weighted by Crippen LogP contribution is 2.24. The molecule has 5 heteroatoms. The largest absolute Gasteiger partial charge is 0.349 e. The molecule has 1 fully saturated rings. The summed E-state index contributed by atoms with van der Waals surface area (Å²) < 4.78 is 1.82. The second-order valence-electron chi connectivity index (χ2n) is 6.40. The molecule has 0 bridgehead atoms. The summed E-state index contributed by atoms with van der Waals surface area (Å²) in [6.07, 6.45) is 7.50. The molecule has 0 radical (unpaired) electrons. The van der Waals surface area contributed by atoms with E-state index in [1.165, 1.54) is 0 Å². The van der Waals surface area contributed by atoms with Crippen molar-refractivity contribution in [1.29, 1.82) is 0 Å². The van der Waals surface area contributed by atoms with Gasteiger partial charge >= 0.3 is 0 Å². The van der Waals surface area contributed by atoms with E-state index in [-0.39, 0.29) is 23.9 Å². The van der Waals surface area contributed by atoms with Gasteiger partial charge in [-0.15, -0.1) is 0 Å². The maximum absolute atomic E-state index is 12.4. The highest BCUT2D eigenvalue weighted by molar-refractivity contribution is 5.79. The molecule has 3 atom stereocenters. The average molecular weight is 312 g/mol. The van der Waals surface area contributed by atoms with Crippen LogP contribution >= 0.6 is 0 Å². The van der Waals surface area contributed by atoms with E-state index in [2.05, 4.69) is 10.4 Å². The average Bonchev–Trinajstić information content (AvgIpc) is 3.09. The van der Waals surface area contributed by atoms with Crippen LogP contribution in [0, 0.1) is 5.92 Å². The van der Waals surface area contributed by atoms with E-state index >= 15 is 0 Å². The predicted octanol–water partition coefficient (Wildman–Crippen LogP) is 2.57. The minimum Gasteiger partial charge on any atom is -0.349 e. The van der Waals surface area contributed by atoms with E-state index in [1.807, 2.05) is 48.1 Å². The van der Waals surface area contributed by atoms with Gasteiger partial charge in [-0.1, -0.05) is 18.6 Å². The molecule has 1 aromatic heterocycles. The Labute approximate surface area is 136 Å². The van der Waals surface area contributed by atoms with Crippen LogP contribution in [0.3, 0.4) is 0 Å². The zero-order chi connectivity index (χ0) is 16.2. The third-order valence-corrected chi connectivity index (χ3v) is 4.61. The van der Waals surface area contributed by atoms with Gasteiger partial charge in [0.15, 0.2) is 0 Å². The van der Waals surface area contributed by atoms with Crippen molar-refractivity contribution in [3.05, 3.63) is 48.3 Å². The number of nitrogens with two attached hydrogens (primary N) is 1. The Morgan fingerprint density at radius 1 is 1.35 bits per heavy atom. The van der Waals surface area contributed by atoms with Crippen LogP contribution in [0.4, 0.5) is 0 Å². The molecule has 3 unspecified atom stereocenters. The third kappa shape index (κ3) is 3.79. The van der Waals surface area contributed by atoms with Crippen LogP contribution in [0.5, 0.6) is 0 Å². The molecule has 2 aromatic rings. The number of hydrogen-bond donors (Lipinski definition) is 2. The number of hydrogen-bond acceptors (Lipinski definition) is 3. The van der Waals surface area contributed by atoms with E-state index in [0.717, 1.165) is 36.9 Å². The fraction of sp³-hybridized carbons (Fsp3) is 0.444. The van der Waals surface area contributed by atoms with Gasteiger partial charge in [-0.2, -0.15) is 5.10 Å². The van der Waals surface area contributed by atoms with Gasteiger partial charge in [0.2, 0.25) is 5.91 Å². The molecule has 0 aliphatic heterocycles. The first-order valence-electron chi connectivity index (χ1n) is 8.29. The number of benzene rings is 1. The van der Waals surface area contributed by atoms with E-state index in [9.17, 15) is 4.79 Å². The Morgan fingerprint density at radius 3 is 2.78 bits per heavy atom. The van der Waals surface area contributed by atoms with E-state index < -0.39 is 0 Å². The first-order valence-corrected chi connectivity index (χ1v) is 8.29. The lowest BCUT2D eigenvalue weighted by Gasteiger charge is -2.27. The van der Waals surface area contributed by atoms with Crippen molar-refractivity contribution in [2.75, 3.05) is 0 Å². The zero-order valence-electron chi connectivity index (χ0n) is 13.5. The lowest BCUT2D eigenvalue weighted by atomic mass is 9.85. The maximum Gasteiger partial charge on any atom is 0.223 e. The summed E-state index contributed by atoms with van der Waals surface area (Å²) in [4.78, 5) is 12.4. The van der Waals surface area contributed by atoms with Crippen LogP contribution in [0.15, 0.2) is 42.7 Å². The van der Waals surface area contributed by atoms with Crippen molar-refractivity contribution < 1.29 is 4.79 Å². The van der Waals surface area contributed by atoms with Gasteiger partial charge in [-0.25, -0.2) is 4.68 Å². The standard InChI is InChI=1S/C18H24N4O/c1-13(21-18(23)15-4-2-5-16(19)12-15)14-6-8-17(9-7-14)22-11-3-10-20-22/h3,6-11,13,15-16H,2,4-5,12,19H2,1H3,(H,21,23). The molecule has 5 nitrogen and oxygen atoms in total. The SMILES string of the molecule is CC(NC(=O)C1CCCC(N)C1)c1ccc(-n2cccn2)cc1. The molecule has 1 heterocycles. The summed E-state index contributed by atoms with van der Waals surface area (Å²) in [6, 6.07) is 10.2. The highest BCUT2D eigenvalue weighted by Gasteiger charge is 2.26. The molecular formula is C18H24N4O. The second-order valence-corrected chi connectivity index (χ2v) is 6.40. The summed E-state index contributed by atoms with van der Waals surface area (Å²) in [5.41, 5.74) is 8.08. The number of carbonyl (C=O) groups excluding carboxylic acids is 1. The van der Waals surface area contributed by atoms with E-state index in [4.69, 9.17) is 5.73 Å². The van der Waals surface area contributed by atoms with Crippen LogP contribution in [0.1, 0.15) is 44.2 Å². The van der Waals surface area contributed by atoms with E-state index in [1.54, 1.807) is 6.20 Å². The highest BCUT2D eigenvalue weighted by atomic mass is 16.1. The summed E-state index contributed by atoms with van der Waals surface area (Å²) in [5, 5.41) is 7.34. The van der Waals surface area contributed by atoms with Gasteiger partial charge in [-0.3, -0.25) is 4.79 Å². The molecule has 23 heavy (non-hydrogen) atoms. The van der Waals surface area contributed by atoms with Crippen molar-refractivity contribution in [2.24, 2.45) is 11.7 Å². The third-order valence-electron chi connectivity index (χ3n) is 4.61. The molecular weight excluding hydrogens is 288 g/mol. The summed E-state index contributed by atoms with van der Waals surface area (Å²) in [6.45, 7) is 2.02. The van der Waals surface area contributed by atoms with Gasteiger partial charge in [0.25, 0.3) is 0 Å². The Bertz CT molecular complexity index is 636. The van der Waals surface area contributed by atoms with Gasteiger partial charge in [0.1, 0.15) is 0 Å².